The van der Waals surface area contributed by atoms with Crippen molar-refractivity contribution in [3.8, 4) is 5.75 Å². The van der Waals surface area contributed by atoms with Crippen LogP contribution in [0.15, 0.2) is 18.2 Å². The molecule has 112 valence electrons. The fraction of sp³-hybridized carbons (Fsp3) is 0.571. The molecule has 0 aliphatic carbocycles. The molecule has 0 radical (unpaired) electrons. The summed E-state index contributed by atoms with van der Waals surface area (Å²) >= 11 is 0. The van der Waals surface area contributed by atoms with E-state index < -0.39 is 18.6 Å². The molecule has 1 fully saturated rings. The first-order chi connectivity index (χ1) is 9.38. The molecule has 0 unspecified atom stereocenters. The summed E-state index contributed by atoms with van der Waals surface area (Å²) in [4.78, 5) is 1.79. The number of phenols is 1. The molecule has 1 atom stereocenters. The Morgan fingerprint density at radius 2 is 1.95 bits per heavy atom. The SMILES string of the molecule is Cc1cccc([C@@H](CC(F)(F)F)N2CCNCC2)c1O. The topological polar surface area (TPSA) is 35.5 Å². The quantitative estimate of drug-likeness (QED) is 0.897. The van der Waals surface area contributed by atoms with Crippen molar-refractivity contribution >= 4 is 0 Å². The molecule has 0 aromatic heterocycles. The molecule has 1 aliphatic heterocycles. The molecule has 1 saturated heterocycles. The summed E-state index contributed by atoms with van der Waals surface area (Å²) in [6, 6.07) is 4.15. The van der Waals surface area contributed by atoms with Crippen molar-refractivity contribution in [3.05, 3.63) is 29.3 Å². The zero-order valence-electron chi connectivity index (χ0n) is 11.4. The standard InChI is InChI=1S/C14H19F3N2O/c1-10-3-2-4-11(13(10)20)12(9-14(15,16)17)19-7-5-18-6-8-19/h2-4,12,18,20H,5-9H2,1H3/t12-/m1/s1. The van der Waals surface area contributed by atoms with Gasteiger partial charge in [-0.3, -0.25) is 4.90 Å². The van der Waals surface area contributed by atoms with Crippen LogP contribution in [0.25, 0.3) is 0 Å². The van der Waals surface area contributed by atoms with Crippen molar-refractivity contribution in [2.75, 3.05) is 26.2 Å². The minimum absolute atomic E-state index is 0.0275. The van der Waals surface area contributed by atoms with Gasteiger partial charge in [0.2, 0.25) is 0 Å². The Morgan fingerprint density at radius 1 is 1.30 bits per heavy atom. The van der Waals surface area contributed by atoms with Crippen molar-refractivity contribution in [2.45, 2.75) is 25.6 Å². The second kappa shape index (κ2) is 6.01. The van der Waals surface area contributed by atoms with Crippen LogP contribution in [0.1, 0.15) is 23.6 Å². The highest BCUT2D eigenvalue weighted by molar-refractivity contribution is 5.41. The molecule has 0 bridgehead atoms. The van der Waals surface area contributed by atoms with E-state index in [1.54, 1.807) is 30.0 Å². The van der Waals surface area contributed by atoms with E-state index in [-0.39, 0.29) is 5.75 Å². The van der Waals surface area contributed by atoms with Crippen LogP contribution in [-0.2, 0) is 0 Å². The van der Waals surface area contributed by atoms with E-state index >= 15 is 0 Å². The molecule has 2 rings (SSSR count). The Morgan fingerprint density at radius 3 is 2.55 bits per heavy atom. The van der Waals surface area contributed by atoms with Crippen LogP contribution in [0.4, 0.5) is 13.2 Å². The predicted octanol–water partition coefficient (Wildman–Crippen LogP) is 2.60. The first kappa shape index (κ1) is 15.1. The van der Waals surface area contributed by atoms with Gasteiger partial charge < -0.3 is 10.4 Å². The molecule has 1 aliphatic rings. The Hall–Kier alpha value is -1.27. The summed E-state index contributed by atoms with van der Waals surface area (Å²) in [5.74, 6) is -0.0275. The first-order valence-electron chi connectivity index (χ1n) is 6.68. The van der Waals surface area contributed by atoms with E-state index in [0.29, 0.717) is 37.3 Å². The average Bonchev–Trinajstić information content (AvgIpc) is 2.40. The van der Waals surface area contributed by atoms with E-state index in [1.165, 1.54) is 0 Å². The van der Waals surface area contributed by atoms with Crippen LogP contribution in [0.2, 0.25) is 0 Å². The summed E-state index contributed by atoms with van der Waals surface area (Å²) in [7, 11) is 0. The number of nitrogens with zero attached hydrogens (tertiary/aromatic N) is 1. The van der Waals surface area contributed by atoms with Crippen LogP contribution in [0.5, 0.6) is 5.75 Å². The van der Waals surface area contributed by atoms with Crippen LogP contribution in [0.3, 0.4) is 0 Å². The number of aromatic hydroxyl groups is 1. The molecule has 1 heterocycles. The van der Waals surface area contributed by atoms with Crippen LogP contribution < -0.4 is 5.32 Å². The minimum Gasteiger partial charge on any atom is -0.507 e. The monoisotopic (exact) mass is 288 g/mol. The molecule has 6 heteroatoms. The zero-order valence-corrected chi connectivity index (χ0v) is 11.4. The summed E-state index contributed by atoms with van der Waals surface area (Å²) in [6.07, 6.45) is -5.20. The zero-order chi connectivity index (χ0) is 14.8. The van der Waals surface area contributed by atoms with Crippen molar-refractivity contribution in [2.24, 2.45) is 0 Å². The number of aryl methyl sites for hydroxylation is 1. The number of nitrogens with one attached hydrogen (secondary N) is 1. The Bertz CT molecular complexity index is 456. The van der Waals surface area contributed by atoms with E-state index in [4.69, 9.17) is 0 Å². The van der Waals surface area contributed by atoms with Gasteiger partial charge in [0, 0.05) is 37.8 Å². The third-order valence-corrected chi connectivity index (χ3v) is 3.65. The van der Waals surface area contributed by atoms with Gasteiger partial charge >= 0.3 is 6.18 Å². The van der Waals surface area contributed by atoms with Gasteiger partial charge in [-0.1, -0.05) is 18.2 Å². The minimum atomic E-state index is -4.26. The Kier molecular flexibility index (Phi) is 4.55. The number of piperazine rings is 1. The maximum absolute atomic E-state index is 12.9. The number of para-hydroxylation sites is 1. The lowest BCUT2D eigenvalue weighted by Crippen LogP contribution is -2.46. The second-order valence-corrected chi connectivity index (χ2v) is 5.13. The van der Waals surface area contributed by atoms with Gasteiger partial charge in [-0.2, -0.15) is 13.2 Å². The summed E-state index contributed by atoms with van der Waals surface area (Å²) < 4.78 is 38.6. The lowest BCUT2D eigenvalue weighted by atomic mass is 9.97. The fourth-order valence-electron chi connectivity index (χ4n) is 2.60. The molecular weight excluding hydrogens is 269 g/mol. The van der Waals surface area contributed by atoms with Crippen LogP contribution in [-0.4, -0.2) is 42.4 Å². The number of rotatable bonds is 3. The number of benzene rings is 1. The summed E-state index contributed by atoms with van der Waals surface area (Å²) in [5, 5.41) is 13.2. The highest BCUT2D eigenvalue weighted by Crippen LogP contribution is 2.38. The number of hydrogen-bond acceptors (Lipinski definition) is 3. The highest BCUT2D eigenvalue weighted by atomic mass is 19.4. The van der Waals surface area contributed by atoms with E-state index in [0.717, 1.165) is 0 Å². The van der Waals surface area contributed by atoms with Crippen molar-refractivity contribution < 1.29 is 18.3 Å². The molecule has 0 spiro atoms. The van der Waals surface area contributed by atoms with Gasteiger partial charge in [0.25, 0.3) is 0 Å². The first-order valence-corrected chi connectivity index (χ1v) is 6.68. The van der Waals surface area contributed by atoms with Gasteiger partial charge in [-0.25, -0.2) is 0 Å². The maximum Gasteiger partial charge on any atom is 0.390 e. The second-order valence-electron chi connectivity index (χ2n) is 5.13. The molecular formula is C14H19F3N2O. The Balaban J connectivity index is 2.32. The third kappa shape index (κ3) is 3.64. The highest BCUT2D eigenvalue weighted by Gasteiger charge is 2.37. The van der Waals surface area contributed by atoms with Crippen LogP contribution in [0, 0.1) is 6.92 Å². The van der Waals surface area contributed by atoms with E-state index in [1.807, 2.05) is 0 Å². The van der Waals surface area contributed by atoms with Gasteiger partial charge in [0.15, 0.2) is 0 Å². The molecule has 0 amide bonds. The van der Waals surface area contributed by atoms with Crippen molar-refractivity contribution in [1.29, 1.82) is 0 Å². The summed E-state index contributed by atoms with van der Waals surface area (Å²) in [6.45, 7) is 4.13. The van der Waals surface area contributed by atoms with E-state index in [2.05, 4.69) is 5.32 Å². The molecule has 2 N–H and O–H groups in total. The summed E-state index contributed by atoms with van der Waals surface area (Å²) in [5.41, 5.74) is 0.967. The molecule has 1 aromatic carbocycles. The van der Waals surface area contributed by atoms with Gasteiger partial charge in [0.1, 0.15) is 5.75 Å². The maximum atomic E-state index is 12.9. The smallest absolute Gasteiger partial charge is 0.390 e. The van der Waals surface area contributed by atoms with E-state index in [9.17, 15) is 18.3 Å². The molecule has 1 aromatic rings. The lowest BCUT2D eigenvalue weighted by molar-refractivity contribution is -0.148. The number of phenolic OH excluding ortho intramolecular Hbond substituents is 1. The van der Waals surface area contributed by atoms with Crippen LogP contribution >= 0.6 is 0 Å². The normalized spacial score (nSPS) is 19.0. The number of halogens is 3. The average molecular weight is 288 g/mol. The molecule has 0 saturated carbocycles. The Labute approximate surface area is 116 Å². The van der Waals surface area contributed by atoms with Gasteiger partial charge in [-0.15, -0.1) is 0 Å². The molecule has 3 nitrogen and oxygen atoms in total. The third-order valence-electron chi connectivity index (χ3n) is 3.65. The molecule has 20 heavy (non-hydrogen) atoms. The number of alkyl halides is 3. The predicted molar refractivity (Wildman–Crippen MR) is 70.7 cm³/mol. The van der Waals surface area contributed by atoms with Crippen molar-refractivity contribution in [3.63, 3.8) is 0 Å². The largest absolute Gasteiger partial charge is 0.507 e. The van der Waals surface area contributed by atoms with Gasteiger partial charge in [-0.05, 0) is 12.5 Å². The van der Waals surface area contributed by atoms with Crippen molar-refractivity contribution in [1.82, 2.24) is 10.2 Å². The fourth-order valence-corrected chi connectivity index (χ4v) is 2.60. The lowest BCUT2D eigenvalue weighted by Gasteiger charge is -2.36. The van der Waals surface area contributed by atoms with Gasteiger partial charge in [0.05, 0.1) is 6.42 Å². The number of hydrogen-bond donors (Lipinski definition) is 2.